The zero-order chi connectivity index (χ0) is 37.5. The van der Waals surface area contributed by atoms with Crippen molar-refractivity contribution < 1.29 is 27.8 Å². The number of ether oxygens (including phenoxy) is 2. The van der Waals surface area contributed by atoms with Gasteiger partial charge in [0.1, 0.15) is 41.2 Å². The third-order valence-corrected chi connectivity index (χ3v) is 11.9. The van der Waals surface area contributed by atoms with Crippen molar-refractivity contribution in [3.63, 3.8) is 0 Å². The molecular weight excluding hydrogens is 695 g/mol. The smallest absolute Gasteiger partial charge is 0.319 e. The van der Waals surface area contributed by atoms with Crippen molar-refractivity contribution >= 4 is 38.4 Å². The Morgan fingerprint density at radius 3 is 2.65 bits per heavy atom. The molecule has 4 fully saturated rings. The Balaban J connectivity index is 1.25. The number of aromatic nitrogens is 4. The average Bonchev–Trinajstić information content (AvgIpc) is 3.83. The lowest BCUT2D eigenvalue weighted by Crippen LogP contribution is -2.54. The fraction of sp³-hybridized carbons (Fsp3) is 0.439. The fourth-order valence-electron chi connectivity index (χ4n) is 9.77. The van der Waals surface area contributed by atoms with Crippen molar-refractivity contribution in [2.75, 3.05) is 57.9 Å². The molecule has 4 aliphatic heterocycles. The summed E-state index contributed by atoms with van der Waals surface area (Å²) in [6, 6.07) is 5.80. The van der Waals surface area contributed by atoms with Gasteiger partial charge in [-0.15, -0.1) is 6.42 Å². The Bertz CT molecular complexity index is 2380. The molecule has 10 nitrogen and oxygen atoms in total. The molecule has 0 spiro atoms. The van der Waals surface area contributed by atoms with Crippen LogP contribution in [0.5, 0.6) is 11.8 Å². The minimum atomic E-state index is -0.987. The number of terminal acetylenes is 1. The van der Waals surface area contributed by atoms with Crippen molar-refractivity contribution in [1.82, 2.24) is 29.5 Å². The van der Waals surface area contributed by atoms with Gasteiger partial charge < -0.3 is 19.5 Å². The van der Waals surface area contributed by atoms with Gasteiger partial charge in [-0.1, -0.05) is 24.1 Å². The highest BCUT2D eigenvalue weighted by Gasteiger charge is 2.51. The molecular formula is C41H42F3N7O3. The summed E-state index contributed by atoms with van der Waals surface area (Å²) in [7, 11) is 3.46. The van der Waals surface area contributed by atoms with Crippen molar-refractivity contribution in [3.05, 3.63) is 59.8 Å². The number of fused-ring (bicyclic) bond motifs is 7. The van der Waals surface area contributed by atoms with Crippen molar-refractivity contribution in [3.8, 4) is 35.2 Å². The zero-order valence-corrected chi connectivity index (χ0v) is 30.4. The molecule has 13 heteroatoms. The second kappa shape index (κ2) is 13.1. The molecule has 6 heterocycles. The number of benzene rings is 3. The van der Waals surface area contributed by atoms with Crippen molar-refractivity contribution in [1.29, 1.82) is 0 Å². The number of methoxy groups -OCH3 is 1. The van der Waals surface area contributed by atoms with Gasteiger partial charge in [0, 0.05) is 94.5 Å². The van der Waals surface area contributed by atoms with Crippen LogP contribution in [0.4, 0.5) is 19.0 Å². The summed E-state index contributed by atoms with van der Waals surface area (Å²) in [5, 5.41) is 17.4. The van der Waals surface area contributed by atoms with E-state index in [1.807, 2.05) is 6.20 Å². The second-order valence-corrected chi connectivity index (χ2v) is 15.5. The van der Waals surface area contributed by atoms with Crippen LogP contribution in [-0.4, -0.2) is 111 Å². The predicted octanol–water partition coefficient (Wildman–Crippen LogP) is 6.11. The van der Waals surface area contributed by atoms with Crippen LogP contribution in [0.15, 0.2) is 42.6 Å². The molecule has 1 N–H and O–H groups in total. The molecule has 9 rings (SSSR count). The molecule has 2 bridgehead atoms. The van der Waals surface area contributed by atoms with Gasteiger partial charge in [0.15, 0.2) is 5.82 Å². The first kappa shape index (κ1) is 34.8. The number of piperazine rings is 1. The molecule has 0 saturated carbocycles. The number of alkyl halides is 1. The van der Waals surface area contributed by atoms with Crippen molar-refractivity contribution in [2.24, 2.45) is 7.05 Å². The van der Waals surface area contributed by atoms with Crippen LogP contribution in [0.1, 0.15) is 37.7 Å². The SMILES string of the molecule is C#Cc1c(F)ccc2cc(O)cc(-c3c(F)c4nc(OC[C@]56CC(=C)CN5C[C@H](F)C6)nc(N5C6CCC5CN(CCCOC)C6)c4c4cn(C)nc34)c12. The van der Waals surface area contributed by atoms with Gasteiger partial charge >= 0.3 is 6.01 Å². The largest absolute Gasteiger partial charge is 0.508 e. The second-order valence-electron chi connectivity index (χ2n) is 15.5. The number of anilines is 1. The normalized spacial score (nSPS) is 24.3. The Hall–Kier alpha value is -4.90. The quantitative estimate of drug-likeness (QED) is 0.109. The number of halogens is 3. The van der Waals surface area contributed by atoms with E-state index in [2.05, 4.69) is 27.2 Å². The molecule has 280 valence electrons. The van der Waals surface area contributed by atoms with Crippen LogP contribution in [-0.2, 0) is 11.8 Å². The van der Waals surface area contributed by atoms with E-state index in [9.17, 15) is 9.50 Å². The number of hydrogen-bond acceptors (Lipinski definition) is 9. The van der Waals surface area contributed by atoms with Gasteiger partial charge in [0.2, 0.25) is 0 Å². The monoisotopic (exact) mass is 737 g/mol. The van der Waals surface area contributed by atoms with Crippen LogP contribution in [0.25, 0.3) is 43.7 Å². The third-order valence-electron chi connectivity index (χ3n) is 11.9. The summed E-state index contributed by atoms with van der Waals surface area (Å²) in [4.78, 5) is 16.7. The van der Waals surface area contributed by atoms with E-state index in [0.29, 0.717) is 60.0 Å². The van der Waals surface area contributed by atoms with E-state index in [1.54, 1.807) is 18.8 Å². The maximum atomic E-state index is 17.8. The molecule has 2 aromatic heterocycles. The summed E-state index contributed by atoms with van der Waals surface area (Å²) < 4.78 is 61.2. The number of phenolic OH excluding ortho intramolecular Hbond substituents is 1. The van der Waals surface area contributed by atoms with Crippen LogP contribution in [0, 0.1) is 24.0 Å². The minimum absolute atomic E-state index is 0.00237. The van der Waals surface area contributed by atoms with Crippen LogP contribution in [0.2, 0.25) is 0 Å². The fourth-order valence-corrected chi connectivity index (χ4v) is 9.77. The molecule has 4 aliphatic rings. The van der Waals surface area contributed by atoms with Gasteiger partial charge in [0.05, 0.1) is 16.5 Å². The predicted molar refractivity (Wildman–Crippen MR) is 202 cm³/mol. The molecule has 0 amide bonds. The summed E-state index contributed by atoms with van der Waals surface area (Å²) in [6.45, 7) is 8.42. The highest BCUT2D eigenvalue weighted by molar-refractivity contribution is 6.18. The van der Waals surface area contributed by atoms with Crippen LogP contribution < -0.4 is 9.64 Å². The first-order valence-electron chi connectivity index (χ1n) is 18.5. The van der Waals surface area contributed by atoms with Gasteiger partial charge in [0.25, 0.3) is 0 Å². The number of aryl methyl sites for hydroxylation is 1. The number of phenols is 1. The molecule has 4 atom stereocenters. The van der Waals surface area contributed by atoms with Gasteiger partial charge in [-0.3, -0.25) is 14.5 Å². The Kier molecular flexibility index (Phi) is 8.48. The molecule has 0 aliphatic carbocycles. The highest BCUT2D eigenvalue weighted by Crippen LogP contribution is 2.47. The van der Waals surface area contributed by atoms with Crippen LogP contribution in [0.3, 0.4) is 0 Å². The number of hydrogen-bond donors (Lipinski definition) is 1. The highest BCUT2D eigenvalue weighted by atomic mass is 19.1. The van der Waals surface area contributed by atoms with E-state index < -0.39 is 23.3 Å². The Labute approximate surface area is 311 Å². The Morgan fingerprint density at radius 2 is 1.89 bits per heavy atom. The Morgan fingerprint density at radius 1 is 1.09 bits per heavy atom. The van der Waals surface area contributed by atoms with E-state index in [-0.39, 0.29) is 58.0 Å². The van der Waals surface area contributed by atoms with E-state index in [0.717, 1.165) is 44.5 Å². The summed E-state index contributed by atoms with van der Waals surface area (Å²) >= 11 is 0. The molecule has 3 aromatic carbocycles. The summed E-state index contributed by atoms with van der Waals surface area (Å²) in [5.41, 5.74) is 0.883. The zero-order valence-electron chi connectivity index (χ0n) is 30.4. The maximum Gasteiger partial charge on any atom is 0.319 e. The van der Waals surface area contributed by atoms with Gasteiger partial charge in [-0.25, -0.2) is 13.2 Å². The lowest BCUT2D eigenvalue weighted by molar-refractivity contribution is 0.107. The first-order valence-corrected chi connectivity index (χ1v) is 18.5. The molecule has 4 saturated heterocycles. The van der Waals surface area contributed by atoms with Gasteiger partial charge in [-0.05, 0) is 54.8 Å². The third kappa shape index (κ3) is 5.57. The number of nitrogens with zero attached hydrogens (tertiary/aromatic N) is 7. The molecule has 5 aromatic rings. The number of likely N-dealkylation sites (tertiary alicyclic amines) is 1. The average molecular weight is 738 g/mol. The lowest BCUT2D eigenvalue weighted by atomic mass is 9.91. The summed E-state index contributed by atoms with van der Waals surface area (Å²) in [5.74, 6) is 1.48. The summed E-state index contributed by atoms with van der Waals surface area (Å²) in [6.07, 6.45) is 10.4. The van der Waals surface area contributed by atoms with E-state index in [1.165, 1.54) is 24.3 Å². The maximum absolute atomic E-state index is 17.8. The molecule has 54 heavy (non-hydrogen) atoms. The topological polar surface area (TPSA) is 92.0 Å². The first-order chi connectivity index (χ1) is 26.1. The molecule has 0 radical (unpaired) electrons. The van der Waals surface area contributed by atoms with E-state index in [4.69, 9.17) is 31.0 Å². The van der Waals surface area contributed by atoms with Crippen LogP contribution >= 0.6 is 0 Å². The standard InChI is InChI=1S/C41H42F3N7O3/c1-5-29-32(43)10-7-24-13-28(52)14-30(33(24)29)34-36(44)38-35(31-21-48(3)47-37(31)34)39(51-26-8-9-27(51)20-49(19-26)11-6-12-53-4)46-40(45-38)54-22-41-15-23(2)17-50(41)18-25(42)16-41/h1,7,10,13-14,21,25-27,52H,2,6,8-9,11-12,15-20,22H2,3-4H3/t25-,26?,27?,41-/m1/s1. The minimum Gasteiger partial charge on any atom is -0.508 e. The van der Waals surface area contributed by atoms with E-state index >= 15 is 8.78 Å². The lowest BCUT2D eigenvalue weighted by Gasteiger charge is -2.42. The van der Waals surface area contributed by atoms with Crippen molar-refractivity contribution in [2.45, 2.75) is 55.9 Å². The number of rotatable bonds is 9. The van der Waals surface area contributed by atoms with Gasteiger partial charge in [-0.2, -0.15) is 15.1 Å². The molecule has 2 unspecified atom stereocenters. The number of aromatic hydroxyl groups is 1.